The van der Waals surface area contributed by atoms with Crippen LogP contribution < -0.4 is 21.3 Å². The number of rotatable bonds is 13. The highest BCUT2D eigenvalue weighted by molar-refractivity contribution is 7.30. The first kappa shape index (κ1) is 44.4. The molecule has 15 heteroatoms. The topological polar surface area (TPSA) is 216 Å². The lowest BCUT2D eigenvalue weighted by Gasteiger charge is -2.59. The normalized spacial score (nSPS) is 39.3. The average molecular weight is 864 g/mol. The number of benzene rings is 1. The van der Waals surface area contributed by atoms with Crippen LogP contribution in [0.1, 0.15) is 116 Å². The van der Waals surface area contributed by atoms with Crippen LogP contribution in [0.3, 0.4) is 0 Å². The fourth-order valence-electron chi connectivity index (χ4n) is 12.7. The lowest BCUT2D eigenvalue weighted by Crippen LogP contribution is -2.65. The van der Waals surface area contributed by atoms with E-state index in [1.807, 2.05) is 37.3 Å². The zero-order valence-corrected chi connectivity index (χ0v) is 36.9. The molecule has 2 amide bonds. The van der Waals surface area contributed by atoms with Gasteiger partial charge in [-0.25, -0.2) is 0 Å². The Labute approximate surface area is 359 Å². The molecule has 0 aromatic heterocycles. The quantitative estimate of drug-likeness (QED) is 0.204. The molecule has 0 spiro atoms. The number of aliphatic hydroxyl groups is 1. The van der Waals surface area contributed by atoms with Gasteiger partial charge in [-0.3, -0.25) is 19.2 Å². The maximum atomic E-state index is 14.4. The Bertz CT molecular complexity index is 1990. The maximum absolute atomic E-state index is 14.4. The zero-order chi connectivity index (χ0) is 43.8. The van der Waals surface area contributed by atoms with Gasteiger partial charge in [0.15, 0.2) is 30.1 Å². The van der Waals surface area contributed by atoms with Crippen molar-refractivity contribution in [1.29, 1.82) is 0 Å². The van der Waals surface area contributed by atoms with Gasteiger partial charge < -0.3 is 40.6 Å². The van der Waals surface area contributed by atoms with Gasteiger partial charge >= 0.3 is 8.25 Å². The second-order valence-corrected chi connectivity index (χ2v) is 21.5. The van der Waals surface area contributed by atoms with Gasteiger partial charge in [0.05, 0.1) is 36.5 Å². The Balaban J connectivity index is 0.951. The molecule has 5 N–H and O–H groups in total. The molecule has 3 saturated heterocycles. The number of carbonyl (C=O) groups excluding carboxylic acids is 4. The van der Waals surface area contributed by atoms with Gasteiger partial charge in [0, 0.05) is 28.7 Å². The minimum absolute atomic E-state index is 0.00287. The number of allylic oxidation sites excluding steroid dienone is 4. The molecule has 2 unspecified atom stereocenters. The summed E-state index contributed by atoms with van der Waals surface area (Å²) >= 11 is 0. The maximum Gasteiger partial charge on any atom is 0.488 e. The van der Waals surface area contributed by atoms with Crippen molar-refractivity contribution in [3.63, 3.8) is 0 Å². The van der Waals surface area contributed by atoms with E-state index in [2.05, 4.69) is 38.3 Å². The van der Waals surface area contributed by atoms with Gasteiger partial charge in [0.25, 0.3) is 0 Å². The summed E-state index contributed by atoms with van der Waals surface area (Å²) in [6.07, 6.45) is 9.94. The van der Waals surface area contributed by atoms with Gasteiger partial charge in [-0.1, -0.05) is 70.5 Å². The SMILES string of the molecule is CC(C)(C)CC[C@H](NC(=O)CN)C(=O)NC12CCC(Cc3ccc(C4O[C@@H]5C[C@H]6[C@@H]7CCC8=CC(=O)C=C[C@]8(C)[C@H]7[C@@H](O)C[C@]6(C)[C@]5(C(=O)CO[P+](=O)[O-])O4)cc3)(CC1)OC2. The number of nitrogens with two attached hydrogens (primary N) is 1. The van der Waals surface area contributed by atoms with Gasteiger partial charge in [0.1, 0.15) is 6.04 Å². The lowest BCUT2D eigenvalue weighted by molar-refractivity contribution is -0.204. The third-order valence-corrected chi connectivity index (χ3v) is 16.3. The molecule has 2 bridgehead atoms. The van der Waals surface area contributed by atoms with Crippen LogP contribution in [0.25, 0.3) is 0 Å². The standard InChI is InChI=1S/C46H62N3O11P/c1-41(2,3)14-13-33(48-37(53)24-47)39(54)49-44-16-18-45(19-17-44,57-26-44)22-27-6-8-28(9-7-27)40-59-36-21-32-31-11-10-29-20-30(50)12-15-42(29,4)38(31)34(51)23-43(32,5)46(36,60-40)35(52)25-58-61(55)56/h6-9,12,15,20,31-34,36,38,40,51H,10-11,13-14,16-19,21-26,47H2,1-5H3,(H,48,53)(H,49,54)/t31-,32-,33-,34-,36+,38+,40?,42-,43-,44?,45?,46+/m0/s1. The predicted molar refractivity (Wildman–Crippen MR) is 221 cm³/mol. The minimum atomic E-state index is -3.29. The van der Waals surface area contributed by atoms with Crippen LogP contribution in [0.5, 0.6) is 0 Å². The summed E-state index contributed by atoms with van der Waals surface area (Å²) in [6.45, 7) is 9.88. The number of hydrogen-bond acceptors (Lipinski definition) is 12. The lowest BCUT2D eigenvalue weighted by atomic mass is 9.46. The molecule has 1 aromatic carbocycles. The highest BCUT2D eigenvalue weighted by atomic mass is 31.1. The molecule has 1 aromatic rings. The average Bonchev–Trinajstić information content (AvgIpc) is 3.72. The van der Waals surface area contributed by atoms with Gasteiger partial charge in [-0.05, 0) is 104 Å². The van der Waals surface area contributed by atoms with Crippen molar-refractivity contribution in [2.24, 2.45) is 39.7 Å². The largest absolute Gasteiger partial charge is 0.566 e. The molecule has 3 heterocycles. The van der Waals surface area contributed by atoms with Crippen LogP contribution in [-0.2, 0) is 48.9 Å². The van der Waals surface area contributed by atoms with Crippen LogP contribution in [0.4, 0.5) is 0 Å². The molecule has 332 valence electrons. The van der Waals surface area contributed by atoms with Crippen molar-refractivity contribution >= 4 is 31.6 Å². The van der Waals surface area contributed by atoms with E-state index >= 15 is 0 Å². The molecule has 61 heavy (non-hydrogen) atoms. The van der Waals surface area contributed by atoms with Crippen LogP contribution >= 0.6 is 8.25 Å². The number of carbonyl (C=O) groups is 4. The monoisotopic (exact) mass is 863 g/mol. The molecule has 9 rings (SSSR count). The fourth-order valence-corrected chi connectivity index (χ4v) is 12.9. The molecular weight excluding hydrogens is 801 g/mol. The van der Waals surface area contributed by atoms with Crippen LogP contribution in [0, 0.1) is 34.0 Å². The highest BCUT2D eigenvalue weighted by Gasteiger charge is 2.76. The number of nitrogens with one attached hydrogen (secondary N) is 2. The highest BCUT2D eigenvalue weighted by Crippen LogP contribution is 2.70. The number of ketones is 2. The summed E-state index contributed by atoms with van der Waals surface area (Å²) in [5.41, 5.74) is 4.51. The van der Waals surface area contributed by atoms with Crippen LogP contribution in [0.2, 0.25) is 0 Å². The van der Waals surface area contributed by atoms with E-state index in [1.54, 1.807) is 12.2 Å². The Morgan fingerprint density at radius 2 is 1.84 bits per heavy atom. The molecule has 7 fully saturated rings. The van der Waals surface area contributed by atoms with Crippen LogP contribution in [-0.4, -0.2) is 83.2 Å². The van der Waals surface area contributed by atoms with Crippen molar-refractivity contribution in [2.45, 2.75) is 147 Å². The van der Waals surface area contributed by atoms with E-state index < -0.39 is 67.2 Å². The molecule has 0 radical (unpaired) electrons. The Morgan fingerprint density at radius 1 is 1.11 bits per heavy atom. The Kier molecular flexibility index (Phi) is 11.7. The van der Waals surface area contributed by atoms with E-state index in [1.165, 1.54) is 0 Å². The van der Waals surface area contributed by atoms with E-state index in [0.29, 0.717) is 37.9 Å². The second kappa shape index (κ2) is 16.1. The molecule has 8 aliphatic rings. The fraction of sp³-hybridized carbons (Fsp3) is 0.696. The Morgan fingerprint density at radius 3 is 2.48 bits per heavy atom. The number of fused-ring (bicyclic) bond motifs is 10. The van der Waals surface area contributed by atoms with Crippen molar-refractivity contribution in [1.82, 2.24) is 10.6 Å². The first-order valence-corrected chi connectivity index (χ1v) is 23.1. The summed E-state index contributed by atoms with van der Waals surface area (Å²) < 4.78 is 36.6. The molecular formula is C46H62N3O11P. The number of ether oxygens (including phenoxy) is 3. The summed E-state index contributed by atoms with van der Waals surface area (Å²) in [5.74, 6) is -1.37. The zero-order valence-electron chi connectivity index (χ0n) is 36.0. The number of hydrogen-bond donors (Lipinski definition) is 4. The van der Waals surface area contributed by atoms with Crippen molar-refractivity contribution in [3.8, 4) is 0 Å². The summed E-state index contributed by atoms with van der Waals surface area (Å²) in [4.78, 5) is 64.0. The van der Waals surface area contributed by atoms with Gasteiger partial charge in [-0.15, -0.1) is 4.52 Å². The third-order valence-electron chi connectivity index (χ3n) is 15.9. The van der Waals surface area contributed by atoms with E-state index in [-0.39, 0.29) is 59.3 Å². The number of Topliss-reactive ketones (excluding diaryl/α,β-unsaturated/α-hetero) is 1. The van der Waals surface area contributed by atoms with Crippen molar-refractivity contribution in [2.75, 3.05) is 19.8 Å². The molecule has 11 atom stereocenters. The molecule has 3 aliphatic heterocycles. The molecule has 5 aliphatic carbocycles. The molecule has 14 nitrogen and oxygen atoms in total. The first-order valence-electron chi connectivity index (χ1n) is 22.0. The van der Waals surface area contributed by atoms with Gasteiger partial charge in [0.2, 0.25) is 11.8 Å². The summed E-state index contributed by atoms with van der Waals surface area (Å²) in [5, 5.41) is 18.1. The molecule has 4 saturated carbocycles. The van der Waals surface area contributed by atoms with Crippen molar-refractivity contribution in [3.05, 3.63) is 59.2 Å². The van der Waals surface area contributed by atoms with Crippen LogP contribution in [0.15, 0.2) is 48.1 Å². The number of aliphatic hydroxyl groups excluding tert-OH is 1. The smallest absolute Gasteiger partial charge is 0.488 e. The minimum Gasteiger partial charge on any atom is -0.566 e. The van der Waals surface area contributed by atoms with E-state index in [0.717, 1.165) is 49.7 Å². The van der Waals surface area contributed by atoms with E-state index in [4.69, 9.17) is 24.5 Å². The summed E-state index contributed by atoms with van der Waals surface area (Å²) in [6, 6.07) is 7.23. The van der Waals surface area contributed by atoms with E-state index in [9.17, 15) is 33.7 Å². The second-order valence-electron chi connectivity index (χ2n) is 20.8. The van der Waals surface area contributed by atoms with Gasteiger partial charge in [-0.2, -0.15) is 0 Å². The summed E-state index contributed by atoms with van der Waals surface area (Å²) in [7, 11) is -3.29. The third kappa shape index (κ3) is 7.92. The Hall–Kier alpha value is -3.20. The first-order chi connectivity index (χ1) is 28.7. The van der Waals surface area contributed by atoms with Crippen molar-refractivity contribution < 1.29 is 52.5 Å². The number of amides is 2. The predicted octanol–water partition coefficient (Wildman–Crippen LogP) is 4.34.